The molecule has 0 bridgehead atoms. The summed E-state index contributed by atoms with van der Waals surface area (Å²) in [6, 6.07) is 0. The zero-order valence-electron chi connectivity index (χ0n) is 15.9. The van der Waals surface area contributed by atoms with Gasteiger partial charge in [0.15, 0.2) is 11.6 Å². The molecule has 4 rings (SSSR count). The number of Topliss-reactive ketones (excluding diaryl/α,β-unsaturated/α-hetero) is 2. The van der Waals surface area contributed by atoms with Crippen LogP contribution >= 0.6 is 0 Å². The fraction of sp³-hybridized carbons (Fsp3) is 0.550. The summed E-state index contributed by atoms with van der Waals surface area (Å²) in [6.07, 6.45) is 4.02. The predicted octanol–water partition coefficient (Wildman–Crippen LogP) is 2.99. The van der Waals surface area contributed by atoms with E-state index < -0.39 is 0 Å². The van der Waals surface area contributed by atoms with E-state index in [0.717, 1.165) is 12.8 Å². The van der Waals surface area contributed by atoms with Crippen molar-refractivity contribution >= 4 is 17.5 Å². The lowest BCUT2D eigenvalue weighted by Crippen LogP contribution is -2.29. The van der Waals surface area contributed by atoms with E-state index in [4.69, 9.17) is 4.52 Å². The number of nitrogens with zero attached hydrogens (tertiary/aromatic N) is 3. The topological polar surface area (TPSA) is 95.1 Å². The predicted molar refractivity (Wildman–Crippen MR) is 96.1 cm³/mol. The van der Waals surface area contributed by atoms with Crippen LogP contribution in [0.1, 0.15) is 88.4 Å². The molecule has 2 aromatic heterocycles. The molecule has 0 N–H and O–H groups in total. The van der Waals surface area contributed by atoms with Crippen LogP contribution < -0.4 is 0 Å². The molecule has 0 atom stereocenters. The zero-order chi connectivity index (χ0) is 19.3. The minimum Gasteiger partial charge on any atom is -0.360 e. The Morgan fingerprint density at radius 1 is 1.07 bits per heavy atom. The fourth-order valence-electron chi connectivity index (χ4n) is 4.25. The molecule has 0 unspecified atom stereocenters. The third-order valence-electron chi connectivity index (χ3n) is 5.43. The summed E-state index contributed by atoms with van der Waals surface area (Å²) < 4.78 is 6.70. The summed E-state index contributed by atoms with van der Waals surface area (Å²) in [5.41, 5.74) is 2.94. The zero-order valence-corrected chi connectivity index (χ0v) is 15.9. The van der Waals surface area contributed by atoms with E-state index in [0.29, 0.717) is 66.1 Å². The lowest BCUT2D eigenvalue weighted by Gasteiger charge is -2.28. The minimum absolute atomic E-state index is 0.0296. The molecule has 0 spiro atoms. The fourth-order valence-corrected chi connectivity index (χ4v) is 4.25. The van der Waals surface area contributed by atoms with Crippen LogP contribution in [0.4, 0.5) is 0 Å². The van der Waals surface area contributed by atoms with E-state index in [1.807, 2.05) is 13.8 Å². The minimum atomic E-state index is -0.197. The maximum absolute atomic E-state index is 12.8. The van der Waals surface area contributed by atoms with Crippen molar-refractivity contribution in [1.29, 1.82) is 0 Å². The molecule has 0 fully saturated rings. The molecule has 0 saturated heterocycles. The first-order chi connectivity index (χ1) is 12.8. The third kappa shape index (κ3) is 3.05. The van der Waals surface area contributed by atoms with E-state index >= 15 is 0 Å². The molecule has 7 nitrogen and oxygen atoms in total. The Labute approximate surface area is 157 Å². The second-order valence-electron chi connectivity index (χ2n) is 8.34. The van der Waals surface area contributed by atoms with Gasteiger partial charge >= 0.3 is 0 Å². The smallest absolute Gasteiger partial charge is 0.243 e. The van der Waals surface area contributed by atoms with E-state index in [1.54, 1.807) is 0 Å². The highest BCUT2D eigenvalue weighted by Gasteiger charge is 2.37. The van der Waals surface area contributed by atoms with Crippen LogP contribution in [0.3, 0.4) is 0 Å². The number of carbonyl (C=O) groups excluding carboxylic acids is 3. The molecule has 0 aromatic carbocycles. The van der Waals surface area contributed by atoms with Crippen molar-refractivity contribution in [3.63, 3.8) is 0 Å². The number of carbonyl (C=O) groups is 3. The summed E-state index contributed by atoms with van der Waals surface area (Å²) in [5, 5.41) is 8.52. The van der Waals surface area contributed by atoms with Crippen molar-refractivity contribution in [1.82, 2.24) is 14.9 Å². The van der Waals surface area contributed by atoms with Crippen LogP contribution in [0.15, 0.2) is 4.52 Å². The number of fused-ring (bicyclic) bond motifs is 2. The van der Waals surface area contributed by atoms with Gasteiger partial charge in [-0.05, 0) is 31.1 Å². The van der Waals surface area contributed by atoms with Crippen LogP contribution in [0.25, 0.3) is 0 Å². The monoisotopic (exact) mass is 369 g/mol. The number of rotatable bonds is 3. The molecule has 2 aromatic rings. The lowest BCUT2D eigenvalue weighted by atomic mass is 9.75. The average Bonchev–Trinajstić information content (AvgIpc) is 3.14. The number of hydrogen-bond acceptors (Lipinski definition) is 6. The Bertz CT molecular complexity index is 964. The second kappa shape index (κ2) is 6.25. The summed E-state index contributed by atoms with van der Waals surface area (Å²) in [7, 11) is 0. The molecule has 2 aliphatic rings. The molecule has 2 aliphatic carbocycles. The first kappa shape index (κ1) is 17.8. The molecule has 142 valence electrons. The van der Waals surface area contributed by atoms with Gasteiger partial charge in [-0.3, -0.25) is 14.4 Å². The normalized spacial score (nSPS) is 18.3. The van der Waals surface area contributed by atoms with Gasteiger partial charge in [0.1, 0.15) is 5.76 Å². The van der Waals surface area contributed by atoms with Gasteiger partial charge in [0.05, 0.1) is 28.2 Å². The first-order valence-electron chi connectivity index (χ1n) is 9.42. The summed E-state index contributed by atoms with van der Waals surface area (Å²) >= 11 is 0. The molecule has 27 heavy (non-hydrogen) atoms. The number of ketones is 2. The molecular formula is C20H23N3O4. The Balaban J connectivity index is 1.66. The Kier molecular flexibility index (Phi) is 4.13. The maximum atomic E-state index is 12.8. The van der Waals surface area contributed by atoms with Crippen molar-refractivity contribution in [3.05, 3.63) is 34.0 Å². The summed E-state index contributed by atoms with van der Waals surface area (Å²) in [6.45, 7) is 5.51. The lowest BCUT2D eigenvalue weighted by molar-refractivity contribution is 0.0893. The van der Waals surface area contributed by atoms with Crippen LogP contribution in [0.5, 0.6) is 0 Å². The van der Waals surface area contributed by atoms with Gasteiger partial charge in [0.25, 0.3) is 0 Å². The van der Waals surface area contributed by atoms with Crippen LogP contribution in [-0.2, 0) is 25.7 Å². The third-order valence-corrected chi connectivity index (χ3v) is 5.43. The Morgan fingerprint density at radius 3 is 2.56 bits per heavy atom. The molecule has 0 amide bonds. The van der Waals surface area contributed by atoms with Gasteiger partial charge < -0.3 is 4.52 Å². The highest BCUT2D eigenvalue weighted by atomic mass is 16.5. The van der Waals surface area contributed by atoms with E-state index in [-0.39, 0.29) is 22.9 Å². The van der Waals surface area contributed by atoms with Gasteiger partial charge in [-0.25, -0.2) is 4.68 Å². The largest absolute Gasteiger partial charge is 0.360 e. The van der Waals surface area contributed by atoms with Crippen LogP contribution in [-0.4, -0.2) is 32.4 Å². The number of aryl methyl sites for hydroxylation is 3. The molecule has 0 radical (unpaired) electrons. The van der Waals surface area contributed by atoms with Gasteiger partial charge in [-0.2, -0.15) is 5.10 Å². The molecule has 7 heteroatoms. The highest BCUT2D eigenvalue weighted by molar-refractivity contribution is 6.01. The van der Waals surface area contributed by atoms with Crippen molar-refractivity contribution in [2.24, 2.45) is 5.41 Å². The van der Waals surface area contributed by atoms with Crippen molar-refractivity contribution in [2.45, 2.75) is 65.7 Å². The molecular weight excluding hydrogens is 346 g/mol. The summed E-state index contributed by atoms with van der Waals surface area (Å²) in [5.74, 6) is 0.566. The van der Waals surface area contributed by atoms with Crippen LogP contribution in [0, 0.1) is 5.41 Å². The Morgan fingerprint density at radius 2 is 1.81 bits per heavy atom. The van der Waals surface area contributed by atoms with Crippen molar-refractivity contribution in [3.8, 4) is 0 Å². The summed E-state index contributed by atoms with van der Waals surface area (Å²) in [4.78, 5) is 37.0. The average molecular weight is 369 g/mol. The Hall–Kier alpha value is -2.57. The van der Waals surface area contributed by atoms with Gasteiger partial charge in [0, 0.05) is 26.2 Å². The molecule has 0 aliphatic heterocycles. The quantitative estimate of drug-likeness (QED) is 0.825. The molecule has 0 saturated carbocycles. The standard InChI is InChI=1S/C20H23N3O4/c1-11(24)23-14-9-20(2,3)10-16(26)18(14)12(21-23)7-8-13-19-15(25)5-4-6-17(19)27-22-13/h4-10H2,1-3H3. The van der Waals surface area contributed by atoms with E-state index in [2.05, 4.69) is 10.3 Å². The number of aromatic nitrogens is 3. The second-order valence-corrected chi connectivity index (χ2v) is 8.34. The first-order valence-corrected chi connectivity index (χ1v) is 9.42. The van der Waals surface area contributed by atoms with E-state index in [1.165, 1.54) is 11.6 Å². The van der Waals surface area contributed by atoms with Gasteiger partial charge in [-0.15, -0.1) is 0 Å². The van der Waals surface area contributed by atoms with Gasteiger partial charge in [-0.1, -0.05) is 19.0 Å². The van der Waals surface area contributed by atoms with E-state index in [9.17, 15) is 14.4 Å². The number of hydrogen-bond donors (Lipinski definition) is 0. The molecule has 2 heterocycles. The maximum Gasteiger partial charge on any atom is 0.243 e. The van der Waals surface area contributed by atoms with Crippen molar-refractivity contribution in [2.75, 3.05) is 0 Å². The highest BCUT2D eigenvalue weighted by Crippen LogP contribution is 2.36. The van der Waals surface area contributed by atoms with Gasteiger partial charge in [0.2, 0.25) is 5.91 Å². The van der Waals surface area contributed by atoms with Crippen LogP contribution in [0.2, 0.25) is 0 Å². The van der Waals surface area contributed by atoms with Crippen molar-refractivity contribution < 1.29 is 18.9 Å². The SMILES string of the molecule is CC(=O)n1nc(CCc2noc3c2C(=O)CCC3)c2c1CC(C)(C)CC2=O.